The number of nitroso groups, excluding NO2 is 1. The van der Waals surface area contributed by atoms with Crippen molar-refractivity contribution in [3.05, 3.63) is 76.2 Å². The van der Waals surface area contributed by atoms with Gasteiger partial charge in [0.05, 0.1) is 11.9 Å². The Balaban J connectivity index is 1.88. The predicted molar refractivity (Wildman–Crippen MR) is 76.7 cm³/mol. The highest BCUT2D eigenvalue weighted by Gasteiger charge is 2.36. The van der Waals surface area contributed by atoms with E-state index in [1.807, 2.05) is 61.5 Å². The fourth-order valence-corrected chi connectivity index (χ4v) is 2.50. The van der Waals surface area contributed by atoms with Crippen LogP contribution in [-0.2, 0) is 4.74 Å². The summed E-state index contributed by atoms with van der Waals surface area (Å²) in [7, 11) is 0. The SMILES string of the molecule is Cc1ccc([C@@H]2OC[C@H](c3ccccc3)N2N=O)cc1. The molecular formula is C16H16N2O2. The molecule has 0 N–H and O–H groups in total. The van der Waals surface area contributed by atoms with Crippen molar-refractivity contribution in [1.29, 1.82) is 0 Å². The fraction of sp³-hybridized carbons (Fsp3) is 0.250. The van der Waals surface area contributed by atoms with Crippen molar-refractivity contribution in [3.8, 4) is 0 Å². The maximum absolute atomic E-state index is 11.2. The topological polar surface area (TPSA) is 41.9 Å². The zero-order chi connectivity index (χ0) is 13.9. The third-order valence-electron chi connectivity index (χ3n) is 3.61. The summed E-state index contributed by atoms with van der Waals surface area (Å²) in [5, 5.41) is 4.68. The van der Waals surface area contributed by atoms with Gasteiger partial charge >= 0.3 is 0 Å². The van der Waals surface area contributed by atoms with Gasteiger partial charge in [0.15, 0.2) is 6.23 Å². The Morgan fingerprint density at radius 3 is 2.40 bits per heavy atom. The van der Waals surface area contributed by atoms with Gasteiger partial charge < -0.3 is 4.74 Å². The zero-order valence-electron chi connectivity index (χ0n) is 11.3. The summed E-state index contributed by atoms with van der Waals surface area (Å²) in [4.78, 5) is 11.2. The quantitative estimate of drug-likeness (QED) is 0.796. The van der Waals surface area contributed by atoms with E-state index >= 15 is 0 Å². The average Bonchev–Trinajstić information content (AvgIpc) is 2.93. The maximum Gasteiger partial charge on any atom is 0.175 e. The van der Waals surface area contributed by atoms with Crippen molar-refractivity contribution in [1.82, 2.24) is 5.01 Å². The van der Waals surface area contributed by atoms with Crippen molar-refractivity contribution in [3.63, 3.8) is 0 Å². The number of ether oxygens (including phenoxy) is 1. The molecule has 0 unspecified atom stereocenters. The number of benzene rings is 2. The second-order valence-corrected chi connectivity index (χ2v) is 4.98. The molecule has 0 spiro atoms. The molecule has 1 aliphatic rings. The van der Waals surface area contributed by atoms with Gasteiger partial charge in [-0.3, -0.25) is 0 Å². The minimum atomic E-state index is -0.404. The molecular weight excluding hydrogens is 252 g/mol. The fourth-order valence-electron chi connectivity index (χ4n) is 2.50. The van der Waals surface area contributed by atoms with Crippen LogP contribution in [0.3, 0.4) is 0 Å². The van der Waals surface area contributed by atoms with Crippen molar-refractivity contribution in [2.75, 3.05) is 6.61 Å². The lowest BCUT2D eigenvalue weighted by molar-refractivity contribution is 0.0294. The smallest absolute Gasteiger partial charge is 0.175 e. The molecule has 0 aromatic heterocycles. The van der Waals surface area contributed by atoms with E-state index in [1.165, 1.54) is 10.6 Å². The molecule has 4 heteroatoms. The Hall–Kier alpha value is -2.20. The molecule has 0 amide bonds. The third-order valence-corrected chi connectivity index (χ3v) is 3.61. The van der Waals surface area contributed by atoms with Gasteiger partial charge in [-0.15, -0.1) is 4.91 Å². The van der Waals surface area contributed by atoms with E-state index in [-0.39, 0.29) is 6.04 Å². The number of aryl methyl sites for hydroxylation is 1. The van der Waals surface area contributed by atoms with E-state index < -0.39 is 6.23 Å². The molecule has 0 saturated carbocycles. The second kappa shape index (κ2) is 5.43. The summed E-state index contributed by atoms with van der Waals surface area (Å²) >= 11 is 0. The van der Waals surface area contributed by atoms with Crippen LogP contribution in [0.25, 0.3) is 0 Å². The van der Waals surface area contributed by atoms with E-state index in [0.29, 0.717) is 6.61 Å². The van der Waals surface area contributed by atoms with Crippen molar-refractivity contribution in [2.24, 2.45) is 5.29 Å². The molecule has 1 heterocycles. The molecule has 20 heavy (non-hydrogen) atoms. The van der Waals surface area contributed by atoms with Crippen molar-refractivity contribution < 1.29 is 4.74 Å². The van der Waals surface area contributed by atoms with E-state index in [4.69, 9.17) is 4.74 Å². The maximum atomic E-state index is 11.2. The summed E-state index contributed by atoms with van der Waals surface area (Å²) in [6, 6.07) is 17.7. The van der Waals surface area contributed by atoms with Crippen LogP contribution in [-0.4, -0.2) is 11.6 Å². The number of nitrogens with zero attached hydrogens (tertiary/aromatic N) is 2. The van der Waals surface area contributed by atoms with Crippen LogP contribution in [0.15, 0.2) is 59.9 Å². The molecule has 2 aromatic carbocycles. The molecule has 1 saturated heterocycles. The largest absolute Gasteiger partial charge is 0.350 e. The van der Waals surface area contributed by atoms with Crippen LogP contribution < -0.4 is 0 Å². The molecule has 0 bridgehead atoms. The lowest BCUT2D eigenvalue weighted by atomic mass is 10.1. The highest BCUT2D eigenvalue weighted by molar-refractivity contribution is 5.25. The van der Waals surface area contributed by atoms with E-state index in [9.17, 15) is 4.91 Å². The molecule has 4 nitrogen and oxygen atoms in total. The van der Waals surface area contributed by atoms with Crippen LogP contribution in [0.2, 0.25) is 0 Å². The van der Waals surface area contributed by atoms with Gasteiger partial charge in [-0.2, -0.15) is 0 Å². The Kier molecular flexibility index (Phi) is 3.48. The molecule has 0 aliphatic carbocycles. The van der Waals surface area contributed by atoms with Crippen molar-refractivity contribution >= 4 is 0 Å². The lowest BCUT2D eigenvalue weighted by Gasteiger charge is -2.22. The predicted octanol–water partition coefficient (Wildman–Crippen LogP) is 3.75. The highest BCUT2D eigenvalue weighted by Crippen LogP contribution is 2.38. The van der Waals surface area contributed by atoms with E-state index in [2.05, 4.69) is 5.29 Å². The lowest BCUT2D eigenvalue weighted by Crippen LogP contribution is -2.21. The molecule has 102 valence electrons. The third kappa shape index (κ3) is 2.30. The number of hydrogen-bond acceptors (Lipinski definition) is 3. The highest BCUT2D eigenvalue weighted by atomic mass is 16.5. The Labute approximate surface area is 117 Å². The summed E-state index contributed by atoms with van der Waals surface area (Å²) in [6.45, 7) is 2.50. The van der Waals surface area contributed by atoms with Gasteiger partial charge in [-0.05, 0) is 12.5 Å². The first-order valence-electron chi connectivity index (χ1n) is 6.64. The Bertz CT molecular complexity index is 583. The number of rotatable bonds is 3. The first-order valence-corrected chi connectivity index (χ1v) is 6.64. The Morgan fingerprint density at radius 1 is 1.05 bits per heavy atom. The van der Waals surface area contributed by atoms with Gasteiger partial charge in [0.25, 0.3) is 0 Å². The van der Waals surface area contributed by atoms with Crippen LogP contribution in [0, 0.1) is 11.8 Å². The summed E-state index contributed by atoms with van der Waals surface area (Å²) in [6.07, 6.45) is -0.404. The van der Waals surface area contributed by atoms with E-state index in [0.717, 1.165) is 11.1 Å². The van der Waals surface area contributed by atoms with Crippen LogP contribution in [0.1, 0.15) is 29.0 Å². The first kappa shape index (κ1) is 12.8. The summed E-state index contributed by atoms with van der Waals surface area (Å²) in [5.74, 6) is 0. The molecule has 2 atom stereocenters. The van der Waals surface area contributed by atoms with Gasteiger partial charge in [0, 0.05) is 5.56 Å². The minimum absolute atomic E-state index is 0.125. The molecule has 1 fully saturated rings. The summed E-state index contributed by atoms with van der Waals surface area (Å²) in [5.41, 5.74) is 3.17. The van der Waals surface area contributed by atoms with Gasteiger partial charge in [-0.25, -0.2) is 5.01 Å². The van der Waals surface area contributed by atoms with Gasteiger partial charge in [0.2, 0.25) is 0 Å². The second-order valence-electron chi connectivity index (χ2n) is 4.98. The molecule has 3 rings (SSSR count). The Morgan fingerprint density at radius 2 is 1.75 bits per heavy atom. The zero-order valence-corrected chi connectivity index (χ0v) is 11.3. The first-order chi connectivity index (χ1) is 9.79. The van der Waals surface area contributed by atoms with E-state index in [1.54, 1.807) is 0 Å². The van der Waals surface area contributed by atoms with Gasteiger partial charge in [0.1, 0.15) is 6.04 Å². The van der Waals surface area contributed by atoms with Crippen LogP contribution in [0.4, 0.5) is 0 Å². The molecule has 1 aliphatic heterocycles. The van der Waals surface area contributed by atoms with Crippen molar-refractivity contribution in [2.45, 2.75) is 19.2 Å². The normalized spacial score (nSPS) is 21.9. The molecule has 2 aromatic rings. The standard InChI is InChI=1S/C16H16N2O2/c1-12-7-9-14(10-8-12)16-18(17-19)15(11-20-16)13-5-3-2-4-6-13/h2-10,15-16H,11H2,1H3/t15-,16+/m1/s1. The minimum Gasteiger partial charge on any atom is -0.350 e. The number of hydrogen-bond donors (Lipinski definition) is 0. The molecule has 0 radical (unpaired) electrons. The summed E-state index contributed by atoms with van der Waals surface area (Å²) < 4.78 is 5.78. The average molecular weight is 268 g/mol. The van der Waals surface area contributed by atoms with Gasteiger partial charge in [-0.1, -0.05) is 60.2 Å². The van der Waals surface area contributed by atoms with Crippen LogP contribution >= 0.6 is 0 Å². The monoisotopic (exact) mass is 268 g/mol. The van der Waals surface area contributed by atoms with Crippen LogP contribution in [0.5, 0.6) is 0 Å².